The molecule has 2 aliphatic rings. The highest BCUT2D eigenvalue weighted by Gasteiger charge is 2.57. The molecule has 5 rings (SSSR count). The summed E-state index contributed by atoms with van der Waals surface area (Å²) in [5, 5.41) is 0. The molecule has 2 heterocycles. The second-order valence-corrected chi connectivity index (χ2v) is 8.87. The predicted octanol–water partition coefficient (Wildman–Crippen LogP) is 4.08. The molecule has 1 fully saturated rings. The van der Waals surface area contributed by atoms with E-state index in [-0.39, 0.29) is 5.91 Å². The van der Waals surface area contributed by atoms with Crippen LogP contribution in [0, 0.1) is 13.8 Å². The third kappa shape index (κ3) is 3.32. The molecule has 0 aliphatic carbocycles. The van der Waals surface area contributed by atoms with E-state index in [1.54, 1.807) is 41.3 Å². The highest BCUT2D eigenvalue weighted by Crippen LogP contribution is 2.48. The molecule has 0 spiro atoms. The number of hydrogen-bond acceptors (Lipinski definition) is 6. The van der Waals surface area contributed by atoms with Crippen LogP contribution in [0.25, 0.3) is 0 Å². The molecule has 36 heavy (non-hydrogen) atoms. The Bertz CT molecular complexity index is 1350. The number of nitrogens with zero attached hydrogens (tertiary/aromatic N) is 2. The third-order valence-corrected chi connectivity index (χ3v) is 6.81. The molecule has 184 valence electrons. The zero-order valence-electron chi connectivity index (χ0n) is 20.7. The van der Waals surface area contributed by atoms with Crippen molar-refractivity contribution >= 4 is 23.4 Å². The minimum Gasteiger partial charge on any atom is -0.493 e. The first-order chi connectivity index (χ1) is 17.3. The summed E-state index contributed by atoms with van der Waals surface area (Å²) in [4.78, 5) is 43.1. The summed E-state index contributed by atoms with van der Waals surface area (Å²) < 4.78 is 16.5. The van der Waals surface area contributed by atoms with Crippen LogP contribution in [0.1, 0.15) is 43.4 Å². The zero-order chi connectivity index (χ0) is 25.7. The molecule has 0 saturated carbocycles. The van der Waals surface area contributed by atoms with E-state index in [1.165, 1.54) is 21.3 Å². The minimum atomic E-state index is -1.03. The van der Waals surface area contributed by atoms with Gasteiger partial charge in [0.25, 0.3) is 17.7 Å². The smallest absolute Gasteiger partial charge is 0.262 e. The lowest BCUT2D eigenvalue weighted by molar-refractivity contribution is -0.130. The number of ether oxygens (including phenoxy) is 3. The summed E-state index contributed by atoms with van der Waals surface area (Å²) in [6.07, 6.45) is 0. The van der Waals surface area contributed by atoms with Crippen LogP contribution in [-0.2, 0) is 4.79 Å². The van der Waals surface area contributed by atoms with Crippen molar-refractivity contribution in [2.24, 2.45) is 0 Å². The largest absolute Gasteiger partial charge is 0.493 e. The van der Waals surface area contributed by atoms with Crippen molar-refractivity contribution < 1.29 is 28.6 Å². The number of fused-ring (bicyclic) bond motifs is 1. The van der Waals surface area contributed by atoms with E-state index < -0.39 is 23.9 Å². The maximum absolute atomic E-state index is 13.7. The van der Waals surface area contributed by atoms with Gasteiger partial charge in [-0.25, -0.2) is 0 Å². The molecular formula is C28H26N2O6. The fourth-order valence-corrected chi connectivity index (χ4v) is 5.13. The van der Waals surface area contributed by atoms with E-state index in [4.69, 9.17) is 14.2 Å². The van der Waals surface area contributed by atoms with Crippen LogP contribution in [0.3, 0.4) is 0 Å². The van der Waals surface area contributed by atoms with Crippen LogP contribution in [0.5, 0.6) is 17.2 Å². The number of aryl methyl sites for hydroxylation is 2. The Kier molecular flexibility index (Phi) is 5.67. The summed E-state index contributed by atoms with van der Waals surface area (Å²) >= 11 is 0. The highest BCUT2D eigenvalue weighted by atomic mass is 16.5. The van der Waals surface area contributed by atoms with E-state index in [0.29, 0.717) is 39.6 Å². The van der Waals surface area contributed by atoms with Crippen LogP contribution in [0.2, 0.25) is 0 Å². The summed E-state index contributed by atoms with van der Waals surface area (Å²) in [6.45, 7) is 3.91. The van der Waals surface area contributed by atoms with Crippen molar-refractivity contribution in [3.8, 4) is 17.2 Å². The molecular weight excluding hydrogens is 460 g/mol. The fourth-order valence-electron chi connectivity index (χ4n) is 5.13. The Balaban J connectivity index is 1.67. The molecule has 8 nitrogen and oxygen atoms in total. The lowest BCUT2D eigenvalue weighted by atomic mass is 9.85. The maximum atomic E-state index is 13.7. The maximum Gasteiger partial charge on any atom is 0.262 e. The van der Waals surface area contributed by atoms with Crippen LogP contribution in [0.15, 0.2) is 54.6 Å². The number of hydrogen-bond donors (Lipinski definition) is 0. The number of methoxy groups -OCH3 is 3. The lowest BCUT2D eigenvalue weighted by Crippen LogP contribution is -2.67. The van der Waals surface area contributed by atoms with Gasteiger partial charge in [-0.05, 0) is 55.3 Å². The van der Waals surface area contributed by atoms with E-state index in [0.717, 1.165) is 16.0 Å². The van der Waals surface area contributed by atoms with Crippen molar-refractivity contribution in [3.63, 3.8) is 0 Å². The Labute approximate surface area is 209 Å². The zero-order valence-corrected chi connectivity index (χ0v) is 20.7. The van der Waals surface area contributed by atoms with Crippen molar-refractivity contribution in [2.45, 2.75) is 25.9 Å². The average Bonchev–Trinajstić information content (AvgIpc) is 3.12. The van der Waals surface area contributed by atoms with Gasteiger partial charge >= 0.3 is 0 Å². The standard InChI is InChI=1S/C28H26N2O6/c1-15-10-11-20(16(2)12-15)29-23(17-13-21(34-3)25(36-5)22(14-17)35-4)24(28(29)33)30-26(31)18-8-6-7-9-19(18)27(30)32/h6-14,23-24H,1-5H3. The van der Waals surface area contributed by atoms with Crippen LogP contribution in [0.4, 0.5) is 5.69 Å². The molecule has 0 N–H and O–H groups in total. The Morgan fingerprint density at radius 1 is 0.694 bits per heavy atom. The molecule has 0 radical (unpaired) electrons. The third-order valence-electron chi connectivity index (χ3n) is 6.81. The van der Waals surface area contributed by atoms with E-state index in [1.807, 2.05) is 32.0 Å². The van der Waals surface area contributed by atoms with Gasteiger partial charge in [0.1, 0.15) is 6.04 Å². The molecule has 0 aromatic heterocycles. The van der Waals surface area contributed by atoms with Gasteiger partial charge in [0.15, 0.2) is 11.5 Å². The van der Waals surface area contributed by atoms with Gasteiger partial charge in [0, 0.05) is 5.69 Å². The Hall–Kier alpha value is -4.33. The number of amides is 3. The first-order valence-electron chi connectivity index (χ1n) is 11.5. The topological polar surface area (TPSA) is 85.4 Å². The van der Waals surface area contributed by atoms with Crippen molar-refractivity contribution in [2.75, 3.05) is 26.2 Å². The average molecular weight is 487 g/mol. The number of β-lactam (4-membered cyclic amide) rings is 1. The van der Waals surface area contributed by atoms with Crippen molar-refractivity contribution in [3.05, 3.63) is 82.4 Å². The van der Waals surface area contributed by atoms with Crippen LogP contribution < -0.4 is 19.1 Å². The van der Waals surface area contributed by atoms with E-state index >= 15 is 0 Å². The first-order valence-corrected chi connectivity index (χ1v) is 11.5. The molecule has 2 atom stereocenters. The minimum absolute atomic E-state index is 0.295. The number of rotatable bonds is 6. The Morgan fingerprint density at radius 3 is 1.78 bits per heavy atom. The predicted molar refractivity (Wildman–Crippen MR) is 133 cm³/mol. The van der Waals surface area contributed by atoms with Gasteiger partial charge in [-0.3, -0.25) is 19.3 Å². The van der Waals surface area contributed by atoms with Gasteiger partial charge in [-0.15, -0.1) is 0 Å². The molecule has 3 amide bonds. The summed E-state index contributed by atoms with van der Waals surface area (Å²) in [5.41, 5.74) is 3.91. The number of imide groups is 1. The van der Waals surface area contributed by atoms with Gasteiger partial charge in [-0.1, -0.05) is 29.8 Å². The number of anilines is 1. The number of benzene rings is 3. The molecule has 8 heteroatoms. The van der Waals surface area contributed by atoms with E-state index in [2.05, 4.69) is 0 Å². The fraction of sp³-hybridized carbons (Fsp3) is 0.250. The lowest BCUT2D eigenvalue weighted by Gasteiger charge is -2.50. The van der Waals surface area contributed by atoms with Gasteiger partial charge in [-0.2, -0.15) is 0 Å². The molecule has 2 aliphatic heterocycles. The second kappa shape index (κ2) is 8.71. The summed E-state index contributed by atoms with van der Waals surface area (Å²) in [7, 11) is 4.53. The normalized spacial score (nSPS) is 18.8. The van der Waals surface area contributed by atoms with Gasteiger partial charge in [0.2, 0.25) is 5.75 Å². The monoisotopic (exact) mass is 486 g/mol. The SMILES string of the molecule is COc1cc(C2C(N3C(=O)c4ccccc4C3=O)C(=O)N2c2ccc(C)cc2C)cc(OC)c1OC. The van der Waals surface area contributed by atoms with Gasteiger partial charge < -0.3 is 19.1 Å². The van der Waals surface area contributed by atoms with Crippen molar-refractivity contribution in [1.82, 2.24) is 4.90 Å². The molecule has 3 aromatic carbocycles. The molecule has 0 bridgehead atoms. The quantitative estimate of drug-likeness (QED) is 0.386. The summed E-state index contributed by atoms with van der Waals surface area (Å²) in [6, 6.07) is 14.2. The molecule has 3 aromatic rings. The first kappa shape index (κ1) is 23.4. The molecule has 1 saturated heterocycles. The number of carbonyl (C=O) groups excluding carboxylic acids is 3. The number of carbonyl (C=O) groups is 3. The van der Waals surface area contributed by atoms with Gasteiger partial charge in [0.05, 0.1) is 38.5 Å². The van der Waals surface area contributed by atoms with Crippen LogP contribution >= 0.6 is 0 Å². The Morgan fingerprint density at radius 2 is 1.28 bits per heavy atom. The second-order valence-electron chi connectivity index (χ2n) is 8.87. The molecule has 2 unspecified atom stereocenters. The highest BCUT2D eigenvalue weighted by molar-refractivity contribution is 6.24. The van der Waals surface area contributed by atoms with Crippen molar-refractivity contribution in [1.29, 1.82) is 0 Å². The van der Waals surface area contributed by atoms with E-state index in [9.17, 15) is 14.4 Å². The van der Waals surface area contributed by atoms with Crippen LogP contribution in [-0.4, -0.2) is 50.0 Å². The summed E-state index contributed by atoms with van der Waals surface area (Å²) in [5.74, 6) is -0.0703.